The van der Waals surface area contributed by atoms with Gasteiger partial charge in [0.05, 0.1) is 19.3 Å². The molecule has 4 aliphatic rings. The predicted octanol–water partition coefficient (Wildman–Crippen LogP) is 3.57. The van der Waals surface area contributed by atoms with E-state index < -0.39 is 5.66 Å². The molecule has 2 amide bonds. The molecule has 7 nitrogen and oxygen atoms in total. The molecule has 2 aromatic carbocycles. The highest BCUT2D eigenvalue weighted by Crippen LogP contribution is 2.51. The zero-order chi connectivity index (χ0) is 22.8. The summed E-state index contributed by atoms with van der Waals surface area (Å²) in [6, 6.07) is 15.2. The number of methoxy groups -OCH3 is 1. The standard InChI is InChI=1S/C26H31N3O4/c1-32-22-9-4-5-10-23(22)33-14-6-13-27-24(30)20-15-18-12-11-17(20)16-26(18)28-21-8-3-2-7-19(21)25(31)29-26/h2-5,7-10,17-18,20,28H,6,11-16H2,1H3,(H,27,30)(H,29,31)/t17-,18-,20+,26-/m1/s1. The van der Waals surface area contributed by atoms with Crippen LogP contribution in [-0.2, 0) is 4.79 Å². The number of para-hydroxylation sites is 3. The molecule has 0 radical (unpaired) electrons. The summed E-state index contributed by atoms with van der Waals surface area (Å²) in [6.45, 7) is 1.09. The maximum atomic E-state index is 13.0. The molecule has 3 N–H and O–H groups in total. The summed E-state index contributed by atoms with van der Waals surface area (Å²) in [5.41, 5.74) is 1.15. The van der Waals surface area contributed by atoms with Crippen LogP contribution in [0.25, 0.3) is 0 Å². The van der Waals surface area contributed by atoms with Gasteiger partial charge in [0.1, 0.15) is 5.66 Å². The second-order valence-corrected chi connectivity index (χ2v) is 9.32. The van der Waals surface area contributed by atoms with Gasteiger partial charge in [-0.05, 0) is 62.3 Å². The highest BCUT2D eigenvalue weighted by atomic mass is 16.5. The quantitative estimate of drug-likeness (QED) is 0.563. The topological polar surface area (TPSA) is 88.7 Å². The highest BCUT2D eigenvalue weighted by Gasteiger charge is 2.55. The van der Waals surface area contributed by atoms with E-state index in [0.717, 1.165) is 37.8 Å². The van der Waals surface area contributed by atoms with Gasteiger partial charge in [0.15, 0.2) is 11.5 Å². The van der Waals surface area contributed by atoms with Gasteiger partial charge in [-0.3, -0.25) is 9.59 Å². The minimum absolute atomic E-state index is 0.000355. The van der Waals surface area contributed by atoms with Gasteiger partial charge in [-0.2, -0.15) is 0 Å². The molecule has 6 rings (SSSR count). The van der Waals surface area contributed by atoms with Gasteiger partial charge in [-0.15, -0.1) is 0 Å². The second-order valence-electron chi connectivity index (χ2n) is 9.32. The number of carbonyl (C=O) groups excluding carboxylic acids is 2. The van der Waals surface area contributed by atoms with Crippen molar-refractivity contribution < 1.29 is 19.1 Å². The fraction of sp³-hybridized carbons (Fsp3) is 0.462. The smallest absolute Gasteiger partial charge is 0.255 e. The van der Waals surface area contributed by atoms with Gasteiger partial charge in [0.2, 0.25) is 5.91 Å². The highest BCUT2D eigenvalue weighted by molar-refractivity contribution is 6.02. The largest absolute Gasteiger partial charge is 0.493 e. The molecular weight excluding hydrogens is 418 g/mol. The van der Waals surface area contributed by atoms with Crippen molar-refractivity contribution in [2.24, 2.45) is 17.8 Å². The molecular formula is C26H31N3O4. The molecule has 3 aliphatic carbocycles. The van der Waals surface area contributed by atoms with Gasteiger partial charge in [0.25, 0.3) is 5.91 Å². The zero-order valence-electron chi connectivity index (χ0n) is 18.9. The first kappa shape index (κ1) is 21.6. The van der Waals surface area contributed by atoms with Crippen LogP contribution in [0.2, 0.25) is 0 Å². The van der Waals surface area contributed by atoms with E-state index in [1.165, 1.54) is 0 Å². The Morgan fingerprint density at radius 1 is 1.09 bits per heavy atom. The predicted molar refractivity (Wildman–Crippen MR) is 125 cm³/mol. The van der Waals surface area contributed by atoms with Crippen molar-refractivity contribution >= 4 is 17.5 Å². The molecule has 3 saturated carbocycles. The minimum Gasteiger partial charge on any atom is -0.493 e. The number of hydrogen-bond acceptors (Lipinski definition) is 5. The van der Waals surface area contributed by atoms with E-state index in [4.69, 9.17) is 9.47 Å². The fourth-order valence-corrected chi connectivity index (χ4v) is 5.80. The number of fused-ring (bicyclic) bond motifs is 3. The van der Waals surface area contributed by atoms with E-state index in [-0.39, 0.29) is 29.6 Å². The molecule has 3 fully saturated rings. The second kappa shape index (κ2) is 8.96. The molecule has 174 valence electrons. The summed E-state index contributed by atoms with van der Waals surface area (Å²) in [6.07, 6.45) is 4.36. The van der Waals surface area contributed by atoms with Crippen LogP contribution in [0.4, 0.5) is 5.69 Å². The lowest BCUT2D eigenvalue weighted by Crippen LogP contribution is -2.68. The monoisotopic (exact) mass is 449 g/mol. The minimum atomic E-state index is -0.437. The molecule has 2 bridgehead atoms. The third-order valence-corrected chi connectivity index (χ3v) is 7.42. The molecule has 1 heterocycles. The number of benzene rings is 2. The van der Waals surface area contributed by atoms with Crippen LogP contribution >= 0.6 is 0 Å². The number of rotatable bonds is 7. The van der Waals surface area contributed by atoms with Crippen LogP contribution in [0.5, 0.6) is 11.5 Å². The Hall–Kier alpha value is -3.22. The Labute approximate surface area is 194 Å². The van der Waals surface area contributed by atoms with Gasteiger partial charge in [-0.1, -0.05) is 24.3 Å². The maximum absolute atomic E-state index is 13.0. The fourth-order valence-electron chi connectivity index (χ4n) is 5.80. The Morgan fingerprint density at radius 3 is 2.67 bits per heavy atom. The lowest BCUT2D eigenvalue weighted by Gasteiger charge is -2.56. The summed E-state index contributed by atoms with van der Waals surface area (Å²) >= 11 is 0. The average Bonchev–Trinajstić information content (AvgIpc) is 2.84. The van der Waals surface area contributed by atoms with E-state index in [9.17, 15) is 9.59 Å². The van der Waals surface area contributed by atoms with E-state index in [2.05, 4.69) is 16.0 Å². The van der Waals surface area contributed by atoms with Crippen molar-refractivity contribution in [3.05, 3.63) is 54.1 Å². The van der Waals surface area contributed by atoms with Crippen LogP contribution in [-0.4, -0.2) is 37.7 Å². The maximum Gasteiger partial charge on any atom is 0.255 e. The molecule has 7 heteroatoms. The van der Waals surface area contributed by atoms with Gasteiger partial charge >= 0.3 is 0 Å². The molecule has 2 aromatic rings. The summed E-state index contributed by atoms with van der Waals surface area (Å²) in [4.78, 5) is 25.7. The Kier molecular flexibility index (Phi) is 5.87. The van der Waals surface area contributed by atoms with E-state index in [1.54, 1.807) is 7.11 Å². The molecule has 0 saturated heterocycles. The van der Waals surface area contributed by atoms with Gasteiger partial charge < -0.3 is 25.4 Å². The van der Waals surface area contributed by atoms with Crippen molar-refractivity contribution in [3.63, 3.8) is 0 Å². The Bertz CT molecular complexity index is 1040. The number of amides is 2. The summed E-state index contributed by atoms with van der Waals surface area (Å²) in [5, 5.41) is 9.99. The average molecular weight is 450 g/mol. The van der Waals surface area contributed by atoms with Crippen molar-refractivity contribution in [1.82, 2.24) is 10.6 Å². The van der Waals surface area contributed by atoms with Crippen molar-refractivity contribution in [2.45, 2.75) is 37.8 Å². The van der Waals surface area contributed by atoms with Crippen molar-refractivity contribution in [2.75, 3.05) is 25.6 Å². The first-order chi connectivity index (χ1) is 16.1. The summed E-state index contributed by atoms with van der Waals surface area (Å²) in [7, 11) is 1.62. The number of ether oxygens (including phenoxy) is 2. The third-order valence-electron chi connectivity index (χ3n) is 7.42. The molecule has 1 spiro atoms. The third kappa shape index (κ3) is 4.12. The van der Waals surface area contributed by atoms with Crippen molar-refractivity contribution in [1.29, 1.82) is 0 Å². The van der Waals surface area contributed by atoms with Crippen LogP contribution in [0.15, 0.2) is 48.5 Å². The van der Waals surface area contributed by atoms with E-state index in [1.807, 2.05) is 48.5 Å². The molecule has 33 heavy (non-hydrogen) atoms. The Balaban J connectivity index is 1.14. The number of hydrogen-bond donors (Lipinski definition) is 3. The zero-order valence-corrected chi connectivity index (χ0v) is 18.9. The normalized spacial score (nSPS) is 27.3. The summed E-state index contributed by atoms with van der Waals surface area (Å²) in [5.74, 6) is 2.03. The summed E-state index contributed by atoms with van der Waals surface area (Å²) < 4.78 is 11.1. The van der Waals surface area contributed by atoms with Crippen LogP contribution < -0.4 is 25.4 Å². The van der Waals surface area contributed by atoms with Crippen molar-refractivity contribution in [3.8, 4) is 11.5 Å². The number of carbonyl (C=O) groups is 2. The number of anilines is 1. The van der Waals surface area contributed by atoms with E-state index in [0.29, 0.717) is 30.2 Å². The molecule has 1 aliphatic heterocycles. The SMILES string of the molecule is COc1ccccc1OCCCNC(=O)[C@H]1C[C@H]2CC[C@@H]1C[C@@]21NC(=O)c2ccccc2N1. The van der Waals surface area contributed by atoms with Crippen LogP contribution in [0, 0.1) is 17.8 Å². The van der Waals surface area contributed by atoms with Crippen LogP contribution in [0.3, 0.4) is 0 Å². The first-order valence-corrected chi connectivity index (χ1v) is 11.8. The van der Waals surface area contributed by atoms with E-state index >= 15 is 0 Å². The van der Waals surface area contributed by atoms with Gasteiger partial charge in [0, 0.05) is 24.1 Å². The first-order valence-electron chi connectivity index (χ1n) is 11.8. The van der Waals surface area contributed by atoms with Gasteiger partial charge in [-0.25, -0.2) is 0 Å². The lowest BCUT2D eigenvalue weighted by atomic mass is 9.58. The molecule has 0 unspecified atom stereocenters. The van der Waals surface area contributed by atoms with Crippen LogP contribution in [0.1, 0.15) is 42.5 Å². The number of nitrogens with one attached hydrogen (secondary N) is 3. The lowest BCUT2D eigenvalue weighted by molar-refractivity contribution is -0.132. The Morgan fingerprint density at radius 2 is 1.88 bits per heavy atom. The molecule has 0 aromatic heterocycles. The molecule has 4 atom stereocenters.